The van der Waals surface area contributed by atoms with E-state index in [0.29, 0.717) is 0 Å². The zero-order chi connectivity index (χ0) is 9.61. The van der Waals surface area contributed by atoms with Crippen LogP contribution in [0.15, 0.2) is 36.9 Å². The van der Waals surface area contributed by atoms with Gasteiger partial charge in [-0.1, -0.05) is 50.7 Å². The number of allylic oxidation sites excluding steroid dienone is 4. The summed E-state index contributed by atoms with van der Waals surface area (Å²) in [4.78, 5) is 0. The van der Waals surface area contributed by atoms with E-state index in [2.05, 4.69) is 13.2 Å². The first-order valence-corrected chi connectivity index (χ1v) is 4.10. The van der Waals surface area contributed by atoms with Gasteiger partial charge in [0, 0.05) is 6.61 Å². The Morgan fingerprint density at radius 1 is 1.50 bits per heavy atom. The van der Waals surface area contributed by atoms with E-state index in [0.717, 1.165) is 12.8 Å². The molecule has 0 aromatic heterocycles. The van der Waals surface area contributed by atoms with Crippen LogP contribution in [-0.2, 0) is 0 Å². The lowest BCUT2D eigenvalue weighted by Crippen LogP contribution is -2.18. The molecule has 0 aromatic rings. The molecule has 0 saturated carbocycles. The third-order valence-electron chi connectivity index (χ3n) is 1.70. The van der Waals surface area contributed by atoms with E-state index in [1.54, 1.807) is 12.2 Å². The molecule has 0 fully saturated rings. The zero-order valence-corrected chi connectivity index (χ0v) is 8.01. The monoisotopic (exact) mass is 164 g/mol. The normalized spacial score (nSPS) is 12.4. The second-order valence-corrected chi connectivity index (χ2v) is 3.68. The molecule has 12 heavy (non-hydrogen) atoms. The average molecular weight is 164 g/mol. The summed E-state index contributed by atoms with van der Waals surface area (Å²) in [5.41, 5.74) is 1.11. The highest BCUT2D eigenvalue weighted by molar-refractivity contribution is 6.50. The van der Waals surface area contributed by atoms with Crippen molar-refractivity contribution in [2.75, 3.05) is 6.61 Å². The van der Waals surface area contributed by atoms with Crippen LogP contribution in [0.5, 0.6) is 0 Å². The maximum absolute atomic E-state index is 9.02. The van der Waals surface area contributed by atoms with Crippen LogP contribution < -0.4 is 0 Å². The molecule has 2 heteroatoms. The standard InChI is InChI=1S/C10H17BO/c1-5-7-9(6-2)11-10(3,4)8-12/h5-7,11-12H,1-2,8H2,3-4H3/b9-7+. The molecule has 0 amide bonds. The van der Waals surface area contributed by atoms with E-state index in [1.165, 1.54) is 0 Å². The molecule has 0 aliphatic rings. The molecule has 0 atom stereocenters. The Morgan fingerprint density at radius 2 is 2.08 bits per heavy atom. The van der Waals surface area contributed by atoms with Gasteiger partial charge in [0.25, 0.3) is 0 Å². The fourth-order valence-electron chi connectivity index (χ4n) is 0.959. The van der Waals surface area contributed by atoms with Crippen molar-refractivity contribution in [3.05, 3.63) is 36.9 Å². The average Bonchev–Trinajstić information content (AvgIpc) is 2.03. The summed E-state index contributed by atoms with van der Waals surface area (Å²) < 4.78 is 0. The van der Waals surface area contributed by atoms with E-state index < -0.39 is 0 Å². The smallest absolute Gasteiger partial charge is 0.166 e. The lowest BCUT2D eigenvalue weighted by molar-refractivity contribution is 0.256. The van der Waals surface area contributed by atoms with E-state index in [4.69, 9.17) is 5.11 Å². The number of hydrogen-bond donors (Lipinski definition) is 1. The first-order chi connectivity index (χ1) is 5.55. The highest BCUT2D eigenvalue weighted by Gasteiger charge is 2.18. The second-order valence-electron chi connectivity index (χ2n) is 3.68. The van der Waals surface area contributed by atoms with Gasteiger partial charge >= 0.3 is 0 Å². The third kappa shape index (κ3) is 4.19. The molecule has 0 radical (unpaired) electrons. The Balaban J connectivity index is 4.30. The number of hydrogen-bond acceptors (Lipinski definition) is 1. The first kappa shape index (κ1) is 11.2. The van der Waals surface area contributed by atoms with Crippen LogP contribution in [0.2, 0.25) is 5.31 Å². The number of aliphatic hydroxyl groups is 1. The van der Waals surface area contributed by atoms with E-state index in [1.807, 2.05) is 19.9 Å². The van der Waals surface area contributed by atoms with Gasteiger partial charge in [-0.15, -0.1) is 0 Å². The summed E-state index contributed by atoms with van der Waals surface area (Å²) in [5, 5.41) is 8.95. The molecule has 1 nitrogen and oxygen atoms in total. The minimum atomic E-state index is -0.0664. The fourth-order valence-corrected chi connectivity index (χ4v) is 0.959. The molecular formula is C10H17BO. The topological polar surface area (TPSA) is 20.2 Å². The van der Waals surface area contributed by atoms with Crippen molar-refractivity contribution in [3.63, 3.8) is 0 Å². The molecule has 0 aliphatic carbocycles. The fraction of sp³-hybridized carbons (Fsp3) is 0.400. The summed E-state index contributed by atoms with van der Waals surface area (Å²) >= 11 is 0. The third-order valence-corrected chi connectivity index (χ3v) is 1.70. The van der Waals surface area contributed by atoms with Gasteiger partial charge in [0.05, 0.1) is 0 Å². The molecule has 0 heterocycles. The Morgan fingerprint density at radius 3 is 2.42 bits per heavy atom. The predicted octanol–water partition coefficient (Wildman–Crippen LogP) is 1.87. The van der Waals surface area contributed by atoms with Crippen molar-refractivity contribution in [2.45, 2.75) is 19.2 Å². The van der Waals surface area contributed by atoms with Crippen molar-refractivity contribution in [3.8, 4) is 0 Å². The quantitative estimate of drug-likeness (QED) is 0.485. The lowest BCUT2D eigenvalue weighted by Gasteiger charge is -2.20. The molecule has 0 aliphatic heterocycles. The number of aliphatic hydroxyl groups excluding tert-OH is 1. The van der Waals surface area contributed by atoms with E-state index >= 15 is 0 Å². The SMILES string of the molecule is C=C/C=C(/BC(C)(C)CO)C=C. The van der Waals surface area contributed by atoms with Crippen molar-refractivity contribution < 1.29 is 5.11 Å². The molecule has 1 N–H and O–H groups in total. The molecule has 0 unspecified atom stereocenters. The van der Waals surface area contributed by atoms with Crippen LogP contribution in [0, 0.1) is 0 Å². The maximum Gasteiger partial charge on any atom is 0.166 e. The summed E-state index contributed by atoms with van der Waals surface area (Å²) in [7, 11) is 0.832. The molecule has 0 rings (SSSR count). The van der Waals surface area contributed by atoms with Gasteiger partial charge in [-0.3, -0.25) is 0 Å². The predicted molar refractivity (Wildman–Crippen MR) is 56.8 cm³/mol. The maximum atomic E-state index is 9.02. The van der Waals surface area contributed by atoms with Crippen LogP contribution in [0.3, 0.4) is 0 Å². The molecular weight excluding hydrogens is 147 g/mol. The van der Waals surface area contributed by atoms with E-state index in [9.17, 15) is 0 Å². The lowest BCUT2D eigenvalue weighted by atomic mass is 9.50. The minimum Gasteiger partial charge on any atom is -0.397 e. The van der Waals surface area contributed by atoms with Crippen LogP contribution in [0.1, 0.15) is 13.8 Å². The van der Waals surface area contributed by atoms with Crippen LogP contribution in [-0.4, -0.2) is 19.0 Å². The molecule has 0 aromatic carbocycles. The van der Waals surface area contributed by atoms with Crippen molar-refractivity contribution in [1.29, 1.82) is 0 Å². The zero-order valence-electron chi connectivity index (χ0n) is 8.01. The Hall–Kier alpha value is -0.755. The Labute approximate surface area is 75.7 Å². The molecule has 0 spiro atoms. The summed E-state index contributed by atoms with van der Waals surface area (Å²) in [6, 6.07) is 0. The van der Waals surface area contributed by atoms with Gasteiger partial charge in [0.15, 0.2) is 7.28 Å². The van der Waals surface area contributed by atoms with Crippen LogP contribution in [0.25, 0.3) is 0 Å². The molecule has 0 bridgehead atoms. The Bertz CT molecular complexity index is 192. The van der Waals surface area contributed by atoms with Crippen molar-refractivity contribution in [2.24, 2.45) is 0 Å². The van der Waals surface area contributed by atoms with Crippen molar-refractivity contribution in [1.82, 2.24) is 0 Å². The van der Waals surface area contributed by atoms with Gasteiger partial charge in [0.2, 0.25) is 0 Å². The van der Waals surface area contributed by atoms with E-state index in [-0.39, 0.29) is 11.9 Å². The summed E-state index contributed by atoms with van der Waals surface area (Å²) in [6.07, 6.45) is 5.47. The van der Waals surface area contributed by atoms with Gasteiger partial charge in [-0.2, -0.15) is 0 Å². The second kappa shape index (κ2) is 4.99. The Kier molecular flexibility index (Phi) is 4.68. The van der Waals surface area contributed by atoms with Crippen LogP contribution in [0.4, 0.5) is 0 Å². The van der Waals surface area contributed by atoms with Gasteiger partial charge in [0.1, 0.15) is 0 Å². The number of rotatable bonds is 5. The highest BCUT2D eigenvalue weighted by atomic mass is 16.3. The van der Waals surface area contributed by atoms with Gasteiger partial charge in [-0.05, 0) is 5.31 Å². The van der Waals surface area contributed by atoms with Gasteiger partial charge < -0.3 is 5.11 Å². The van der Waals surface area contributed by atoms with Gasteiger partial charge in [-0.25, -0.2) is 0 Å². The molecule has 66 valence electrons. The largest absolute Gasteiger partial charge is 0.397 e. The summed E-state index contributed by atoms with van der Waals surface area (Å²) in [6.45, 7) is 11.6. The van der Waals surface area contributed by atoms with Crippen molar-refractivity contribution >= 4 is 7.28 Å². The highest BCUT2D eigenvalue weighted by Crippen LogP contribution is 2.23. The van der Waals surface area contributed by atoms with Crippen LogP contribution >= 0.6 is 0 Å². The minimum absolute atomic E-state index is 0.0664. The molecule has 0 saturated heterocycles. The summed E-state index contributed by atoms with van der Waals surface area (Å²) in [5.74, 6) is 0. The first-order valence-electron chi connectivity index (χ1n) is 4.10.